The molecule has 1 heterocycles. The zero-order valence-corrected chi connectivity index (χ0v) is 14.6. The lowest BCUT2D eigenvalue weighted by Crippen LogP contribution is -2.47. The molecule has 0 aliphatic heterocycles. The number of nitrogens with zero attached hydrogens (tertiary/aromatic N) is 1. The predicted molar refractivity (Wildman–Crippen MR) is 88.0 cm³/mol. The first-order valence-corrected chi connectivity index (χ1v) is 8.86. The normalized spacial score (nSPS) is 21.4. The van der Waals surface area contributed by atoms with Gasteiger partial charge in [0.15, 0.2) is 0 Å². The monoisotopic (exact) mass is 323 g/mol. The van der Waals surface area contributed by atoms with Gasteiger partial charge in [0.2, 0.25) is 5.91 Å². The minimum Gasteiger partial charge on any atom is -0.457 e. The van der Waals surface area contributed by atoms with Crippen molar-refractivity contribution in [1.29, 1.82) is 0 Å². The molecule has 5 heteroatoms. The summed E-state index contributed by atoms with van der Waals surface area (Å²) in [5, 5.41) is 1.85. The summed E-state index contributed by atoms with van der Waals surface area (Å²) in [5.74, 6) is -0.388. The van der Waals surface area contributed by atoms with Crippen molar-refractivity contribution in [2.24, 2.45) is 5.92 Å². The Balaban J connectivity index is 2.06. The summed E-state index contributed by atoms with van der Waals surface area (Å²) in [6.45, 7) is 8.11. The van der Waals surface area contributed by atoms with Crippen LogP contribution in [0.5, 0.6) is 0 Å². The summed E-state index contributed by atoms with van der Waals surface area (Å²) in [6.07, 6.45) is 2.22. The Morgan fingerprint density at radius 3 is 2.45 bits per heavy atom. The minimum absolute atomic E-state index is 0.117. The van der Waals surface area contributed by atoms with E-state index in [1.807, 2.05) is 44.0 Å². The van der Waals surface area contributed by atoms with Gasteiger partial charge in [0.25, 0.3) is 0 Å². The third-order valence-corrected chi connectivity index (χ3v) is 4.97. The smallest absolute Gasteiger partial charge is 0.348 e. The van der Waals surface area contributed by atoms with E-state index >= 15 is 0 Å². The van der Waals surface area contributed by atoms with Crippen LogP contribution in [0, 0.1) is 5.92 Å². The number of carbonyl (C=O) groups excluding carboxylic acids is 2. The summed E-state index contributed by atoms with van der Waals surface area (Å²) >= 11 is 1.37. The molecule has 0 radical (unpaired) electrons. The topological polar surface area (TPSA) is 46.6 Å². The van der Waals surface area contributed by atoms with Gasteiger partial charge in [0.05, 0.1) is 5.92 Å². The first-order chi connectivity index (χ1) is 10.4. The molecule has 1 amide bonds. The third-order valence-electron chi connectivity index (χ3n) is 4.12. The number of carbonyl (C=O) groups is 2. The Kier molecular flexibility index (Phi) is 5.62. The number of hydrogen-bond acceptors (Lipinski definition) is 4. The number of esters is 1. The first-order valence-electron chi connectivity index (χ1n) is 7.98. The van der Waals surface area contributed by atoms with Gasteiger partial charge in [-0.05, 0) is 58.4 Å². The highest BCUT2D eigenvalue weighted by Crippen LogP contribution is 2.32. The van der Waals surface area contributed by atoms with Crippen LogP contribution in [0.2, 0.25) is 0 Å². The van der Waals surface area contributed by atoms with Crippen LogP contribution in [-0.4, -0.2) is 35.0 Å². The van der Waals surface area contributed by atoms with E-state index in [0.29, 0.717) is 4.88 Å². The number of thiophene rings is 1. The van der Waals surface area contributed by atoms with Crippen molar-refractivity contribution >= 4 is 23.2 Å². The van der Waals surface area contributed by atoms with Gasteiger partial charge in [-0.15, -0.1) is 11.3 Å². The quantitative estimate of drug-likeness (QED) is 0.776. The molecule has 2 rings (SSSR count). The summed E-state index contributed by atoms with van der Waals surface area (Å²) in [6, 6.07) is 3.90. The van der Waals surface area contributed by atoms with Crippen LogP contribution >= 0.6 is 11.3 Å². The lowest BCUT2D eigenvalue weighted by Gasteiger charge is -2.34. The summed E-state index contributed by atoms with van der Waals surface area (Å²) in [4.78, 5) is 27.5. The van der Waals surface area contributed by atoms with Crippen molar-refractivity contribution in [3.8, 4) is 0 Å². The highest BCUT2D eigenvalue weighted by Gasteiger charge is 2.39. The summed E-state index contributed by atoms with van der Waals surface area (Å²) in [5.41, 5.74) is 0. The molecule has 1 aliphatic carbocycles. The van der Waals surface area contributed by atoms with Gasteiger partial charge in [-0.3, -0.25) is 4.79 Å². The Labute approximate surface area is 136 Å². The van der Waals surface area contributed by atoms with Crippen molar-refractivity contribution in [2.45, 2.75) is 65.1 Å². The van der Waals surface area contributed by atoms with Crippen molar-refractivity contribution in [3.63, 3.8) is 0 Å². The fourth-order valence-electron chi connectivity index (χ4n) is 3.24. The Morgan fingerprint density at radius 1 is 1.23 bits per heavy atom. The molecular formula is C17H25NO3S. The molecule has 0 spiro atoms. The molecule has 0 bridgehead atoms. The van der Waals surface area contributed by atoms with Crippen LogP contribution in [-0.2, 0) is 9.53 Å². The molecule has 22 heavy (non-hydrogen) atoms. The second-order valence-electron chi connectivity index (χ2n) is 6.39. The van der Waals surface area contributed by atoms with Crippen LogP contribution < -0.4 is 0 Å². The zero-order valence-electron chi connectivity index (χ0n) is 13.7. The van der Waals surface area contributed by atoms with Crippen molar-refractivity contribution in [3.05, 3.63) is 22.4 Å². The van der Waals surface area contributed by atoms with E-state index in [2.05, 4.69) is 0 Å². The number of rotatable bonds is 5. The second-order valence-corrected chi connectivity index (χ2v) is 7.34. The van der Waals surface area contributed by atoms with Gasteiger partial charge in [-0.1, -0.05) is 6.07 Å². The Morgan fingerprint density at radius 2 is 1.91 bits per heavy atom. The minimum atomic E-state index is -0.305. The number of amides is 1. The third kappa shape index (κ3) is 3.69. The number of ether oxygens (including phenoxy) is 1. The van der Waals surface area contributed by atoms with Gasteiger partial charge in [-0.25, -0.2) is 4.79 Å². The van der Waals surface area contributed by atoms with E-state index in [0.717, 1.165) is 19.3 Å². The van der Waals surface area contributed by atoms with Gasteiger partial charge < -0.3 is 9.64 Å². The van der Waals surface area contributed by atoms with Crippen LogP contribution in [0.4, 0.5) is 0 Å². The van der Waals surface area contributed by atoms with Crippen molar-refractivity contribution < 1.29 is 14.3 Å². The van der Waals surface area contributed by atoms with E-state index in [4.69, 9.17) is 4.74 Å². The summed E-state index contributed by atoms with van der Waals surface area (Å²) in [7, 11) is 0. The van der Waals surface area contributed by atoms with Crippen molar-refractivity contribution in [2.75, 3.05) is 0 Å². The molecule has 1 saturated carbocycles. The van der Waals surface area contributed by atoms with Crippen LogP contribution in [0.25, 0.3) is 0 Å². The first kappa shape index (κ1) is 17.0. The van der Waals surface area contributed by atoms with E-state index in [1.165, 1.54) is 11.3 Å². The van der Waals surface area contributed by atoms with Gasteiger partial charge in [-0.2, -0.15) is 0 Å². The van der Waals surface area contributed by atoms with Crippen LogP contribution in [0.3, 0.4) is 0 Å². The predicted octanol–water partition coefficient (Wildman–Crippen LogP) is 3.72. The highest BCUT2D eigenvalue weighted by molar-refractivity contribution is 7.11. The van der Waals surface area contributed by atoms with E-state index in [-0.39, 0.29) is 36.0 Å². The average Bonchev–Trinajstić information content (AvgIpc) is 3.08. The molecule has 1 unspecified atom stereocenters. The summed E-state index contributed by atoms with van der Waals surface area (Å²) < 4.78 is 5.62. The maximum Gasteiger partial charge on any atom is 0.348 e. The van der Waals surface area contributed by atoms with Gasteiger partial charge in [0.1, 0.15) is 11.0 Å². The van der Waals surface area contributed by atoms with Crippen molar-refractivity contribution in [1.82, 2.24) is 4.90 Å². The zero-order chi connectivity index (χ0) is 16.3. The molecule has 0 aromatic carbocycles. The average molecular weight is 323 g/mol. The molecular weight excluding hydrogens is 298 g/mol. The van der Waals surface area contributed by atoms with Crippen LogP contribution in [0.1, 0.15) is 56.6 Å². The molecule has 0 saturated heterocycles. The van der Waals surface area contributed by atoms with Gasteiger partial charge in [0, 0.05) is 12.1 Å². The Hall–Kier alpha value is -1.36. The molecule has 1 aromatic rings. The molecule has 1 aliphatic rings. The Bertz CT molecular complexity index is 502. The fraction of sp³-hybridized carbons (Fsp3) is 0.647. The molecule has 2 atom stereocenters. The number of hydrogen-bond donors (Lipinski definition) is 0. The molecule has 1 aromatic heterocycles. The van der Waals surface area contributed by atoms with E-state index < -0.39 is 0 Å². The highest BCUT2D eigenvalue weighted by atomic mass is 32.1. The maximum absolute atomic E-state index is 12.8. The fourth-order valence-corrected chi connectivity index (χ4v) is 3.84. The van der Waals surface area contributed by atoms with E-state index in [1.54, 1.807) is 6.07 Å². The largest absolute Gasteiger partial charge is 0.457 e. The lowest BCUT2D eigenvalue weighted by molar-refractivity contribution is -0.142. The standard InChI is InChI=1S/C17H25NO3S/c1-11(2)18(12(3)4)16(19)13-7-5-8-14(13)21-17(20)15-9-6-10-22-15/h6,9-14H,5,7-8H2,1-4H3/t13-,14?/m0/s1. The second kappa shape index (κ2) is 7.27. The molecule has 0 N–H and O–H groups in total. The van der Waals surface area contributed by atoms with Gasteiger partial charge >= 0.3 is 5.97 Å². The molecule has 4 nitrogen and oxygen atoms in total. The SMILES string of the molecule is CC(C)N(C(=O)[C@H]1CCCC1OC(=O)c1cccs1)C(C)C. The lowest BCUT2D eigenvalue weighted by atomic mass is 10.0. The van der Waals surface area contributed by atoms with E-state index in [9.17, 15) is 9.59 Å². The van der Waals surface area contributed by atoms with Crippen LogP contribution in [0.15, 0.2) is 17.5 Å². The molecule has 122 valence electrons. The molecule has 1 fully saturated rings. The maximum atomic E-state index is 12.8.